The molecule has 0 unspecified atom stereocenters. The molecule has 0 atom stereocenters. The van der Waals surface area contributed by atoms with Gasteiger partial charge in [-0.3, -0.25) is 4.79 Å². The Morgan fingerprint density at radius 3 is 2.46 bits per heavy atom. The molecule has 0 spiro atoms. The quantitative estimate of drug-likeness (QED) is 0.863. The number of rotatable bonds is 3. The monoisotopic (exact) mass is 329 g/mol. The standard InChI is InChI=1S/C17H19N3O4/c1-2-23-17(22)20-10-8-19(9-11-20)16(21)14-12-18-15(24-14)13-6-4-3-5-7-13/h3-7,12H,2,8-11H2,1H3. The number of benzene rings is 1. The maximum absolute atomic E-state index is 12.5. The molecule has 1 fully saturated rings. The van der Waals surface area contributed by atoms with Crippen molar-refractivity contribution in [1.82, 2.24) is 14.8 Å². The summed E-state index contributed by atoms with van der Waals surface area (Å²) in [5.74, 6) is 0.413. The molecule has 1 aliphatic heterocycles. The molecular weight excluding hydrogens is 310 g/mol. The SMILES string of the molecule is CCOC(=O)N1CCN(C(=O)c2cnc(-c3ccccc3)o2)CC1. The van der Waals surface area contributed by atoms with Crippen LogP contribution in [0.2, 0.25) is 0 Å². The van der Waals surface area contributed by atoms with Crippen LogP contribution in [0.3, 0.4) is 0 Å². The van der Waals surface area contributed by atoms with E-state index in [1.807, 2.05) is 30.3 Å². The third-order valence-electron chi connectivity index (χ3n) is 3.83. The Morgan fingerprint density at radius 2 is 1.79 bits per heavy atom. The van der Waals surface area contributed by atoms with Crippen LogP contribution in [0.1, 0.15) is 17.5 Å². The van der Waals surface area contributed by atoms with E-state index in [1.54, 1.807) is 16.7 Å². The Hall–Kier alpha value is -2.83. The highest BCUT2D eigenvalue weighted by molar-refractivity contribution is 5.91. The van der Waals surface area contributed by atoms with Gasteiger partial charge in [-0.1, -0.05) is 18.2 Å². The number of piperazine rings is 1. The van der Waals surface area contributed by atoms with E-state index >= 15 is 0 Å². The number of carbonyl (C=O) groups is 2. The van der Waals surface area contributed by atoms with Gasteiger partial charge in [-0.15, -0.1) is 0 Å². The molecule has 24 heavy (non-hydrogen) atoms. The number of hydrogen-bond acceptors (Lipinski definition) is 5. The molecule has 2 amide bonds. The molecule has 0 aliphatic carbocycles. The molecule has 0 radical (unpaired) electrons. The van der Waals surface area contributed by atoms with E-state index in [0.717, 1.165) is 5.56 Å². The third-order valence-corrected chi connectivity index (χ3v) is 3.83. The second-order valence-corrected chi connectivity index (χ2v) is 5.37. The van der Waals surface area contributed by atoms with Crippen molar-refractivity contribution in [3.05, 3.63) is 42.3 Å². The Morgan fingerprint density at radius 1 is 1.12 bits per heavy atom. The van der Waals surface area contributed by atoms with Crippen LogP contribution in [0.5, 0.6) is 0 Å². The summed E-state index contributed by atoms with van der Waals surface area (Å²) >= 11 is 0. The van der Waals surface area contributed by atoms with E-state index in [-0.39, 0.29) is 17.8 Å². The van der Waals surface area contributed by atoms with Crippen molar-refractivity contribution in [2.75, 3.05) is 32.8 Å². The Bertz CT molecular complexity index is 706. The number of ether oxygens (including phenoxy) is 1. The highest BCUT2D eigenvalue weighted by atomic mass is 16.6. The fourth-order valence-electron chi connectivity index (χ4n) is 2.55. The van der Waals surface area contributed by atoms with Crippen LogP contribution in [-0.2, 0) is 4.74 Å². The van der Waals surface area contributed by atoms with Crippen LogP contribution in [0.4, 0.5) is 4.79 Å². The van der Waals surface area contributed by atoms with E-state index in [1.165, 1.54) is 6.20 Å². The Labute approximate surface area is 139 Å². The minimum atomic E-state index is -0.337. The first kappa shape index (κ1) is 16.0. The third kappa shape index (κ3) is 3.40. The second-order valence-electron chi connectivity index (χ2n) is 5.37. The van der Waals surface area contributed by atoms with Crippen LogP contribution < -0.4 is 0 Å². The van der Waals surface area contributed by atoms with Crippen LogP contribution in [0.15, 0.2) is 40.9 Å². The molecule has 7 heteroatoms. The van der Waals surface area contributed by atoms with E-state index in [0.29, 0.717) is 38.7 Å². The van der Waals surface area contributed by atoms with Crippen LogP contribution >= 0.6 is 0 Å². The summed E-state index contributed by atoms with van der Waals surface area (Å²) in [4.78, 5) is 31.6. The molecule has 0 saturated carbocycles. The van der Waals surface area contributed by atoms with E-state index < -0.39 is 0 Å². The van der Waals surface area contributed by atoms with Crippen molar-refractivity contribution in [1.29, 1.82) is 0 Å². The average molecular weight is 329 g/mol. The molecule has 1 aromatic heterocycles. The topological polar surface area (TPSA) is 75.9 Å². The van der Waals surface area contributed by atoms with Gasteiger partial charge in [0.1, 0.15) is 0 Å². The molecule has 126 valence electrons. The average Bonchev–Trinajstić information content (AvgIpc) is 3.12. The Kier molecular flexibility index (Phi) is 4.79. The number of carbonyl (C=O) groups excluding carboxylic acids is 2. The first-order chi connectivity index (χ1) is 11.7. The second kappa shape index (κ2) is 7.16. The van der Waals surface area contributed by atoms with Gasteiger partial charge >= 0.3 is 6.09 Å². The zero-order chi connectivity index (χ0) is 16.9. The lowest BCUT2D eigenvalue weighted by Gasteiger charge is -2.33. The Balaban J connectivity index is 1.62. The summed E-state index contributed by atoms with van der Waals surface area (Å²) in [6.07, 6.45) is 1.11. The first-order valence-electron chi connectivity index (χ1n) is 7.91. The van der Waals surface area contributed by atoms with Gasteiger partial charge in [0.2, 0.25) is 11.7 Å². The fraction of sp³-hybridized carbons (Fsp3) is 0.353. The number of amides is 2. The molecule has 3 rings (SSSR count). The van der Waals surface area contributed by atoms with Gasteiger partial charge in [0.25, 0.3) is 5.91 Å². The summed E-state index contributed by atoms with van der Waals surface area (Å²) in [6.45, 7) is 3.90. The predicted molar refractivity (Wildman–Crippen MR) is 86.4 cm³/mol. The van der Waals surface area contributed by atoms with Gasteiger partial charge in [0.15, 0.2) is 0 Å². The molecule has 7 nitrogen and oxygen atoms in total. The molecule has 0 bridgehead atoms. The highest BCUT2D eigenvalue weighted by Crippen LogP contribution is 2.20. The van der Waals surface area contributed by atoms with E-state index in [9.17, 15) is 9.59 Å². The maximum Gasteiger partial charge on any atom is 0.409 e. The van der Waals surface area contributed by atoms with Crippen molar-refractivity contribution in [2.24, 2.45) is 0 Å². The predicted octanol–water partition coefficient (Wildman–Crippen LogP) is 2.26. The molecule has 1 aromatic carbocycles. The van der Waals surface area contributed by atoms with Gasteiger partial charge < -0.3 is 19.0 Å². The number of hydrogen-bond donors (Lipinski definition) is 0. The molecule has 1 aliphatic rings. The van der Waals surface area contributed by atoms with Crippen LogP contribution in [-0.4, -0.2) is 59.6 Å². The minimum absolute atomic E-state index is 0.207. The summed E-state index contributed by atoms with van der Waals surface area (Å²) < 4.78 is 10.6. The van der Waals surface area contributed by atoms with Crippen LogP contribution in [0.25, 0.3) is 11.5 Å². The fourth-order valence-corrected chi connectivity index (χ4v) is 2.55. The van der Waals surface area contributed by atoms with Gasteiger partial charge in [0.05, 0.1) is 12.8 Å². The summed E-state index contributed by atoms with van der Waals surface area (Å²) in [7, 11) is 0. The lowest BCUT2D eigenvalue weighted by molar-refractivity contribution is 0.0547. The molecular formula is C17H19N3O4. The van der Waals surface area contributed by atoms with Gasteiger partial charge in [0, 0.05) is 31.7 Å². The van der Waals surface area contributed by atoms with Crippen molar-refractivity contribution in [2.45, 2.75) is 6.92 Å². The summed E-state index contributed by atoms with van der Waals surface area (Å²) in [5, 5.41) is 0. The van der Waals surface area contributed by atoms with E-state index in [4.69, 9.17) is 9.15 Å². The van der Waals surface area contributed by atoms with Crippen LogP contribution in [0, 0.1) is 0 Å². The number of aromatic nitrogens is 1. The lowest BCUT2D eigenvalue weighted by atomic mass is 10.2. The van der Waals surface area contributed by atoms with Gasteiger partial charge in [-0.05, 0) is 19.1 Å². The summed E-state index contributed by atoms with van der Waals surface area (Å²) in [5.41, 5.74) is 0.823. The lowest BCUT2D eigenvalue weighted by Crippen LogP contribution is -2.50. The zero-order valence-corrected chi connectivity index (χ0v) is 13.5. The molecule has 2 aromatic rings. The molecule has 2 heterocycles. The van der Waals surface area contributed by atoms with Crippen molar-refractivity contribution in [3.63, 3.8) is 0 Å². The largest absolute Gasteiger partial charge is 0.450 e. The first-order valence-corrected chi connectivity index (χ1v) is 7.91. The summed E-state index contributed by atoms with van der Waals surface area (Å²) in [6, 6.07) is 9.42. The van der Waals surface area contributed by atoms with Crippen molar-refractivity contribution >= 4 is 12.0 Å². The minimum Gasteiger partial charge on any atom is -0.450 e. The number of oxazole rings is 1. The number of nitrogens with zero attached hydrogens (tertiary/aromatic N) is 3. The van der Waals surface area contributed by atoms with Gasteiger partial charge in [-0.25, -0.2) is 9.78 Å². The smallest absolute Gasteiger partial charge is 0.409 e. The molecule has 0 N–H and O–H groups in total. The van der Waals surface area contributed by atoms with E-state index in [2.05, 4.69) is 4.98 Å². The van der Waals surface area contributed by atoms with Crippen molar-refractivity contribution in [3.8, 4) is 11.5 Å². The van der Waals surface area contributed by atoms with Gasteiger partial charge in [-0.2, -0.15) is 0 Å². The zero-order valence-electron chi connectivity index (χ0n) is 13.5. The highest BCUT2D eigenvalue weighted by Gasteiger charge is 2.27. The molecule has 1 saturated heterocycles. The maximum atomic E-state index is 12.5. The van der Waals surface area contributed by atoms with Crippen molar-refractivity contribution < 1.29 is 18.7 Å². The normalized spacial score (nSPS) is 14.5.